The minimum Gasteiger partial charge on any atom is -0.327 e. The van der Waals surface area contributed by atoms with Crippen LogP contribution < -0.4 is 5.73 Å². The molecule has 36 valence electrons. The molecule has 1 nitrogen and oxygen atoms in total. The van der Waals surface area contributed by atoms with Gasteiger partial charge in [0.05, 0.1) is 0 Å². The highest BCUT2D eigenvalue weighted by Crippen LogP contribution is 1.77. The van der Waals surface area contributed by atoms with Crippen LogP contribution in [0, 0.1) is 0 Å². The third kappa shape index (κ3) is 4.18. The van der Waals surface area contributed by atoms with E-state index in [0.717, 1.165) is 5.33 Å². The molecular weight excluding hydrogens is 142 g/mol. The van der Waals surface area contributed by atoms with Crippen LogP contribution in [0.3, 0.4) is 0 Å². The average Bonchev–Trinajstić information content (AvgIpc) is 1.61. The predicted octanol–water partition coefficient (Wildman–Crippen LogP) is 0.896. The fraction of sp³-hybridized carbons (Fsp3) is 0.500. The molecule has 0 amide bonds. The summed E-state index contributed by atoms with van der Waals surface area (Å²) in [4.78, 5) is 0. The molecule has 0 saturated carbocycles. The Morgan fingerprint density at radius 3 is 2.33 bits per heavy atom. The second-order valence-corrected chi connectivity index (χ2v) is 1.51. The van der Waals surface area contributed by atoms with E-state index in [2.05, 4.69) is 15.9 Å². The molecular formula is C4H8BrN. The van der Waals surface area contributed by atoms with Gasteiger partial charge in [-0.1, -0.05) is 28.1 Å². The largest absolute Gasteiger partial charge is 0.327 e. The van der Waals surface area contributed by atoms with Crippen molar-refractivity contribution < 1.29 is 0 Å². The van der Waals surface area contributed by atoms with Crippen molar-refractivity contribution in [3.8, 4) is 0 Å². The Kier molecular flexibility index (Phi) is 5.34. The van der Waals surface area contributed by atoms with Crippen LogP contribution in [0.2, 0.25) is 0 Å². The molecule has 0 aliphatic heterocycles. The number of halogens is 1. The molecule has 0 aromatic carbocycles. The summed E-state index contributed by atoms with van der Waals surface area (Å²) >= 11 is 3.21. The second kappa shape index (κ2) is 5.18. The van der Waals surface area contributed by atoms with E-state index >= 15 is 0 Å². The third-order valence-electron chi connectivity index (χ3n) is 0.392. The first-order chi connectivity index (χ1) is 2.91. The molecule has 0 atom stereocenters. The molecule has 0 rings (SSSR count). The lowest BCUT2D eigenvalue weighted by Gasteiger charge is -1.72. The van der Waals surface area contributed by atoms with Crippen LogP contribution in [-0.4, -0.2) is 11.9 Å². The maximum atomic E-state index is 5.11. The van der Waals surface area contributed by atoms with Crippen LogP contribution in [0.5, 0.6) is 0 Å². The Bertz CT molecular complexity index is 36.8. The van der Waals surface area contributed by atoms with E-state index in [0.29, 0.717) is 6.54 Å². The van der Waals surface area contributed by atoms with Crippen molar-refractivity contribution in [3.05, 3.63) is 12.2 Å². The molecule has 0 fully saturated rings. The number of rotatable bonds is 2. The van der Waals surface area contributed by atoms with Gasteiger partial charge in [0, 0.05) is 11.9 Å². The van der Waals surface area contributed by atoms with Crippen LogP contribution in [0.4, 0.5) is 0 Å². The molecule has 2 N–H and O–H groups in total. The highest BCUT2D eigenvalue weighted by molar-refractivity contribution is 9.09. The van der Waals surface area contributed by atoms with Gasteiger partial charge >= 0.3 is 0 Å². The van der Waals surface area contributed by atoms with Crippen molar-refractivity contribution in [3.63, 3.8) is 0 Å². The Morgan fingerprint density at radius 2 is 2.17 bits per heavy atom. The minimum atomic E-state index is 0.644. The minimum absolute atomic E-state index is 0.644. The lowest BCUT2D eigenvalue weighted by atomic mass is 10.5. The summed E-state index contributed by atoms with van der Waals surface area (Å²) < 4.78 is 0. The molecule has 0 unspecified atom stereocenters. The van der Waals surface area contributed by atoms with Gasteiger partial charge in [0.2, 0.25) is 0 Å². The predicted molar refractivity (Wildman–Crippen MR) is 32.0 cm³/mol. The van der Waals surface area contributed by atoms with Gasteiger partial charge in [-0.3, -0.25) is 0 Å². The quantitative estimate of drug-likeness (QED) is 0.459. The first-order valence-corrected chi connectivity index (χ1v) is 2.95. The van der Waals surface area contributed by atoms with E-state index in [1.54, 1.807) is 0 Å². The molecule has 2 heteroatoms. The van der Waals surface area contributed by atoms with Crippen LogP contribution in [0.25, 0.3) is 0 Å². The maximum Gasteiger partial charge on any atom is 0.0212 e. The lowest BCUT2D eigenvalue weighted by molar-refractivity contribution is 1.25. The molecule has 0 bridgehead atoms. The van der Waals surface area contributed by atoms with Crippen molar-refractivity contribution in [2.24, 2.45) is 5.73 Å². The van der Waals surface area contributed by atoms with Crippen molar-refractivity contribution in [1.82, 2.24) is 0 Å². The monoisotopic (exact) mass is 149 g/mol. The van der Waals surface area contributed by atoms with Crippen LogP contribution in [0.1, 0.15) is 0 Å². The first-order valence-electron chi connectivity index (χ1n) is 1.83. The van der Waals surface area contributed by atoms with Crippen LogP contribution >= 0.6 is 15.9 Å². The number of nitrogens with two attached hydrogens (primary N) is 1. The third-order valence-corrected chi connectivity index (χ3v) is 0.766. The van der Waals surface area contributed by atoms with E-state index in [9.17, 15) is 0 Å². The first kappa shape index (κ1) is 6.18. The topological polar surface area (TPSA) is 26.0 Å². The fourth-order valence-electron chi connectivity index (χ4n) is 0.159. The van der Waals surface area contributed by atoms with Crippen LogP contribution in [-0.2, 0) is 0 Å². The smallest absolute Gasteiger partial charge is 0.0212 e. The highest BCUT2D eigenvalue weighted by atomic mass is 79.9. The van der Waals surface area contributed by atoms with E-state index in [1.165, 1.54) is 0 Å². The molecule has 0 heterocycles. The van der Waals surface area contributed by atoms with Gasteiger partial charge in [-0.15, -0.1) is 0 Å². The number of alkyl halides is 1. The summed E-state index contributed by atoms with van der Waals surface area (Å²) in [6.45, 7) is 0.644. The zero-order valence-electron chi connectivity index (χ0n) is 3.52. The standard InChI is InChI=1S/C4H8BrN/c5-3-1-2-4-6/h1-2H,3-4,6H2. The number of allylic oxidation sites excluding steroid dienone is 1. The molecule has 0 aromatic rings. The van der Waals surface area contributed by atoms with Gasteiger partial charge < -0.3 is 5.73 Å². The van der Waals surface area contributed by atoms with Gasteiger partial charge in [-0.05, 0) is 0 Å². The Balaban J connectivity index is 2.73. The molecule has 0 aliphatic carbocycles. The van der Waals surface area contributed by atoms with E-state index < -0.39 is 0 Å². The van der Waals surface area contributed by atoms with Gasteiger partial charge in [-0.25, -0.2) is 0 Å². The molecule has 0 saturated heterocycles. The summed E-state index contributed by atoms with van der Waals surface area (Å²) in [6, 6.07) is 0. The Labute approximate surface area is 46.4 Å². The molecule has 0 spiro atoms. The fourth-order valence-corrected chi connectivity index (χ4v) is 0.424. The van der Waals surface area contributed by atoms with Crippen LogP contribution in [0.15, 0.2) is 12.2 Å². The highest BCUT2D eigenvalue weighted by Gasteiger charge is 1.61. The van der Waals surface area contributed by atoms with Gasteiger partial charge in [0.1, 0.15) is 0 Å². The van der Waals surface area contributed by atoms with Gasteiger partial charge in [-0.2, -0.15) is 0 Å². The number of hydrogen-bond acceptors (Lipinski definition) is 1. The molecule has 0 radical (unpaired) electrons. The molecule has 0 aliphatic rings. The average molecular weight is 150 g/mol. The normalized spacial score (nSPS) is 10.3. The van der Waals surface area contributed by atoms with Crippen molar-refractivity contribution in [2.75, 3.05) is 11.9 Å². The summed E-state index contributed by atoms with van der Waals surface area (Å²) in [5, 5.41) is 0.907. The van der Waals surface area contributed by atoms with Gasteiger partial charge in [0.25, 0.3) is 0 Å². The van der Waals surface area contributed by atoms with Crippen molar-refractivity contribution >= 4 is 15.9 Å². The van der Waals surface area contributed by atoms with Gasteiger partial charge in [0.15, 0.2) is 0 Å². The SMILES string of the molecule is NCC=CCBr. The van der Waals surface area contributed by atoms with E-state index in [4.69, 9.17) is 5.73 Å². The second-order valence-electron chi connectivity index (χ2n) is 0.861. The summed E-state index contributed by atoms with van der Waals surface area (Å²) in [7, 11) is 0. The van der Waals surface area contributed by atoms with Crippen molar-refractivity contribution in [2.45, 2.75) is 0 Å². The van der Waals surface area contributed by atoms with Crippen molar-refractivity contribution in [1.29, 1.82) is 0 Å². The Hall–Kier alpha value is 0.180. The molecule has 6 heavy (non-hydrogen) atoms. The van der Waals surface area contributed by atoms with E-state index in [-0.39, 0.29) is 0 Å². The zero-order valence-corrected chi connectivity index (χ0v) is 5.11. The van der Waals surface area contributed by atoms with E-state index in [1.807, 2.05) is 12.2 Å². The summed E-state index contributed by atoms with van der Waals surface area (Å²) in [6.07, 6.45) is 3.88. The zero-order chi connectivity index (χ0) is 4.83. The Morgan fingerprint density at radius 1 is 1.50 bits per heavy atom. The maximum absolute atomic E-state index is 5.11. The summed E-state index contributed by atoms with van der Waals surface area (Å²) in [5.74, 6) is 0. The molecule has 0 aromatic heterocycles. The number of hydrogen-bond donors (Lipinski definition) is 1. The summed E-state index contributed by atoms with van der Waals surface area (Å²) in [5.41, 5.74) is 5.11. The lowest BCUT2D eigenvalue weighted by Crippen LogP contribution is -1.91.